The quantitative estimate of drug-likeness (QED) is 0.545. The van der Waals surface area contributed by atoms with Crippen LogP contribution in [0.2, 0.25) is 0 Å². The smallest absolute Gasteiger partial charge is 0.338 e. The van der Waals surface area contributed by atoms with Crippen molar-refractivity contribution >= 4 is 41.2 Å². The molecule has 0 saturated heterocycles. The summed E-state index contributed by atoms with van der Waals surface area (Å²) in [6.07, 6.45) is 0. The molecule has 0 amide bonds. The van der Waals surface area contributed by atoms with Crippen molar-refractivity contribution in [2.45, 2.75) is 26.4 Å². The maximum Gasteiger partial charge on any atom is 0.338 e. The molecule has 0 aromatic heterocycles. The fraction of sp³-hybridized carbons (Fsp3) is 0.667. The van der Waals surface area contributed by atoms with E-state index in [1.165, 1.54) is 6.92 Å². The van der Waals surface area contributed by atoms with Gasteiger partial charge in [-0.25, -0.2) is 0 Å². The van der Waals surface area contributed by atoms with Gasteiger partial charge >= 0.3 is 6.72 Å². The summed E-state index contributed by atoms with van der Waals surface area (Å²) in [7, 11) is 0. The van der Waals surface area contributed by atoms with E-state index in [1.807, 2.05) is 0 Å². The molecule has 1 atom stereocenters. The van der Waals surface area contributed by atoms with Gasteiger partial charge < -0.3 is 4.52 Å². The fourth-order valence-electron chi connectivity index (χ4n) is 0.327. The summed E-state index contributed by atoms with van der Waals surface area (Å²) in [6, 6.07) is 0. The molecule has 0 spiro atoms. The molecule has 0 aromatic rings. The van der Waals surface area contributed by atoms with Gasteiger partial charge in [0, 0.05) is 0 Å². The van der Waals surface area contributed by atoms with E-state index in [2.05, 4.69) is 0 Å². The van der Waals surface area contributed by atoms with E-state index in [0.29, 0.717) is 0 Å². The molecule has 12 heavy (non-hydrogen) atoms. The molecular formula is C6H10Cl3O2P. The molecule has 0 aromatic carbocycles. The summed E-state index contributed by atoms with van der Waals surface area (Å²) in [5.74, 6) is 0.186. The van der Waals surface area contributed by atoms with Gasteiger partial charge in [-0.15, -0.1) is 0 Å². The molecule has 0 aliphatic heterocycles. The summed E-state index contributed by atoms with van der Waals surface area (Å²) in [4.78, 5) is 0. The number of rotatable bonds is 3. The SMILES string of the molecule is CC(OP(=O)(Cl)C(C)C)=C(Cl)Cl. The average Bonchev–Trinajstić information content (AvgIpc) is 1.85. The zero-order chi connectivity index (χ0) is 9.94. The molecule has 0 bridgehead atoms. The van der Waals surface area contributed by atoms with Gasteiger partial charge in [-0.1, -0.05) is 37.0 Å². The zero-order valence-electron chi connectivity index (χ0n) is 6.97. The highest BCUT2D eigenvalue weighted by molar-refractivity contribution is 7.85. The Morgan fingerprint density at radius 2 is 1.83 bits per heavy atom. The van der Waals surface area contributed by atoms with Crippen LogP contribution in [-0.2, 0) is 9.09 Å². The van der Waals surface area contributed by atoms with E-state index in [0.717, 1.165) is 0 Å². The molecule has 0 heterocycles. The summed E-state index contributed by atoms with van der Waals surface area (Å²) in [5.41, 5.74) is -0.262. The highest BCUT2D eigenvalue weighted by Crippen LogP contribution is 2.58. The molecular weight excluding hydrogens is 241 g/mol. The average molecular weight is 251 g/mol. The molecule has 0 aliphatic rings. The summed E-state index contributed by atoms with van der Waals surface area (Å²) in [5, 5.41) is 0. The summed E-state index contributed by atoms with van der Waals surface area (Å²) >= 11 is 16.4. The van der Waals surface area contributed by atoms with Crippen molar-refractivity contribution in [3.63, 3.8) is 0 Å². The van der Waals surface area contributed by atoms with Crippen LogP contribution in [0.3, 0.4) is 0 Å². The van der Waals surface area contributed by atoms with Gasteiger partial charge in [-0.2, -0.15) is 0 Å². The molecule has 1 unspecified atom stereocenters. The minimum absolute atomic E-state index is 0.0588. The second kappa shape index (κ2) is 4.76. The van der Waals surface area contributed by atoms with Crippen LogP contribution in [0.1, 0.15) is 20.8 Å². The van der Waals surface area contributed by atoms with Crippen LogP contribution >= 0.6 is 41.2 Å². The van der Waals surface area contributed by atoms with Crippen LogP contribution in [0, 0.1) is 0 Å². The summed E-state index contributed by atoms with van der Waals surface area (Å²) in [6.45, 7) is 1.77. The topological polar surface area (TPSA) is 26.3 Å². The molecule has 72 valence electrons. The van der Waals surface area contributed by atoms with Crippen LogP contribution in [0.25, 0.3) is 0 Å². The predicted octanol–water partition coefficient (Wildman–Crippen LogP) is 4.51. The van der Waals surface area contributed by atoms with Gasteiger partial charge in [-0.05, 0) is 18.2 Å². The van der Waals surface area contributed by atoms with E-state index in [4.69, 9.17) is 39.0 Å². The Morgan fingerprint density at radius 1 is 1.42 bits per heavy atom. The summed E-state index contributed by atoms with van der Waals surface area (Å²) < 4.78 is 16.3. The standard InChI is InChI=1S/C6H10Cl3O2P/c1-4(2)12(9,10)11-5(3)6(7)8/h4H,1-3H3. The first-order valence-electron chi connectivity index (χ1n) is 3.28. The maximum absolute atomic E-state index is 11.4. The molecule has 2 nitrogen and oxygen atoms in total. The van der Waals surface area contributed by atoms with Gasteiger partial charge in [0.15, 0.2) is 0 Å². The number of hydrogen-bond donors (Lipinski definition) is 0. The Morgan fingerprint density at radius 3 is 2.08 bits per heavy atom. The Kier molecular flexibility index (Phi) is 5.01. The van der Waals surface area contributed by atoms with Crippen molar-refractivity contribution in [2.24, 2.45) is 0 Å². The number of allylic oxidation sites excluding steroid dienone is 1. The third-order valence-electron chi connectivity index (χ3n) is 1.14. The fourth-order valence-corrected chi connectivity index (χ4v) is 1.50. The van der Waals surface area contributed by atoms with Crippen molar-refractivity contribution in [1.82, 2.24) is 0 Å². The van der Waals surface area contributed by atoms with E-state index in [1.54, 1.807) is 13.8 Å². The van der Waals surface area contributed by atoms with E-state index in [9.17, 15) is 4.57 Å². The third-order valence-corrected chi connectivity index (χ3v) is 4.81. The highest BCUT2D eigenvalue weighted by atomic mass is 35.7. The van der Waals surface area contributed by atoms with Crippen LogP contribution in [0.15, 0.2) is 10.3 Å². The van der Waals surface area contributed by atoms with Crippen LogP contribution < -0.4 is 0 Å². The molecule has 0 N–H and O–H groups in total. The Hall–Kier alpha value is 0.640. The lowest BCUT2D eigenvalue weighted by Crippen LogP contribution is -1.95. The second-order valence-corrected chi connectivity index (χ2v) is 7.14. The van der Waals surface area contributed by atoms with Gasteiger partial charge in [0.05, 0.1) is 5.66 Å². The van der Waals surface area contributed by atoms with E-state index >= 15 is 0 Å². The second-order valence-electron chi connectivity index (χ2n) is 2.52. The first-order chi connectivity index (χ1) is 5.27. The molecule has 6 heteroatoms. The van der Waals surface area contributed by atoms with Crippen LogP contribution in [0.5, 0.6) is 0 Å². The Labute approximate surface area is 87.1 Å². The lowest BCUT2D eigenvalue weighted by Gasteiger charge is -2.15. The van der Waals surface area contributed by atoms with Crippen molar-refractivity contribution in [2.75, 3.05) is 0 Å². The minimum Gasteiger partial charge on any atom is -0.435 e. The lowest BCUT2D eigenvalue weighted by molar-refractivity contribution is 0.412. The van der Waals surface area contributed by atoms with Gasteiger partial charge in [0.25, 0.3) is 0 Å². The van der Waals surface area contributed by atoms with E-state index < -0.39 is 6.72 Å². The van der Waals surface area contributed by atoms with Crippen molar-refractivity contribution in [1.29, 1.82) is 0 Å². The predicted molar refractivity (Wildman–Crippen MR) is 54.1 cm³/mol. The number of hydrogen-bond acceptors (Lipinski definition) is 2. The largest absolute Gasteiger partial charge is 0.435 e. The molecule has 0 radical (unpaired) electrons. The first kappa shape index (κ1) is 12.6. The van der Waals surface area contributed by atoms with Crippen LogP contribution in [0.4, 0.5) is 0 Å². The molecule has 0 saturated carbocycles. The van der Waals surface area contributed by atoms with Crippen molar-refractivity contribution in [3.05, 3.63) is 10.3 Å². The van der Waals surface area contributed by atoms with Crippen molar-refractivity contribution in [3.8, 4) is 0 Å². The van der Waals surface area contributed by atoms with Crippen molar-refractivity contribution < 1.29 is 9.09 Å². The molecule has 0 fully saturated rings. The monoisotopic (exact) mass is 250 g/mol. The Bertz CT molecular complexity index is 233. The minimum atomic E-state index is -3.13. The van der Waals surface area contributed by atoms with Gasteiger partial charge in [0.1, 0.15) is 10.3 Å². The molecule has 0 aliphatic carbocycles. The lowest BCUT2D eigenvalue weighted by atomic mass is 10.6. The maximum atomic E-state index is 11.4. The highest BCUT2D eigenvalue weighted by Gasteiger charge is 2.26. The molecule has 0 rings (SSSR count). The van der Waals surface area contributed by atoms with Gasteiger partial charge in [0.2, 0.25) is 0 Å². The van der Waals surface area contributed by atoms with Crippen LogP contribution in [-0.4, -0.2) is 5.66 Å². The zero-order valence-corrected chi connectivity index (χ0v) is 10.1. The van der Waals surface area contributed by atoms with Gasteiger partial charge in [-0.3, -0.25) is 4.57 Å². The Balaban J connectivity index is 4.48. The first-order valence-corrected chi connectivity index (χ1v) is 6.63. The number of halogens is 3. The van der Waals surface area contributed by atoms with E-state index in [-0.39, 0.29) is 15.9 Å². The normalized spacial score (nSPS) is 15.6. The third kappa shape index (κ3) is 4.04.